The Morgan fingerprint density at radius 1 is 1.26 bits per heavy atom. The Hall–Kier alpha value is -2.70. The van der Waals surface area contributed by atoms with Gasteiger partial charge in [0, 0.05) is 21.5 Å². The number of methoxy groups -OCH3 is 1. The Labute approximate surface area is 165 Å². The molecule has 0 aliphatic heterocycles. The van der Waals surface area contributed by atoms with Crippen molar-refractivity contribution in [2.24, 2.45) is 0 Å². The molecule has 1 aromatic heterocycles. The van der Waals surface area contributed by atoms with Crippen LogP contribution in [0, 0.1) is 12.7 Å². The van der Waals surface area contributed by atoms with Gasteiger partial charge in [0.2, 0.25) is 5.91 Å². The van der Waals surface area contributed by atoms with E-state index in [1.165, 1.54) is 42.7 Å². The average molecular weight is 403 g/mol. The summed E-state index contributed by atoms with van der Waals surface area (Å²) in [6, 6.07) is 11.8. The molecule has 7 heteroatoms. The molecular weight excluding hydrogens is 387 g/mol. The van der Waals surface area contributed by atoms with Gasteiger partial charge in [-0.05, 0) is 42.8 Å². The standard InChI is InChI=1S/C20H16ClFN2O2S/c1-12-19(14-5-7-15(21)8-6-14)24-20(27-12)23-18(25)10-4-13-3-9-17(26-2)16(22)11-13/h3-11H,1-2H3,(H,23,24,25)/b10-4+. The maximum Gasteiger partial charge on any atom is 0.250 e. The number of aromatic nitrogens is 1. The molecular formula is C20H16ClFN2O2S. The van der Waals surface area contributed by atoms with E-state index in [1.807, 2.05) is 19.1 Å². The van der Waals surface area contributed by atoms with Gasteiger partial charge in [0.25, 0.3) is 0 Å². The van der Waals surface area contributed by atoms with Crippen molar-refractivity contribution >= 4 is 40.1 Å². The van der Waals surface area contributed by atoms with Crippen LogP contribution < -0.4 is 10.1 Å². The number of anilines is 1. The number of hydrogen-bond acceptors (Lipinski definition) is 4. The second-order valence-electron chi connectivity index (χ2n) is 5.65. The van der Waals surface area contributed by atoms with Crippen LogP contribution in [0.1, 0.15) is 10.4 Å². The summed E-state index contributed by atoms with van der Waals surface area (Å²) in [4.78, 5) is 17.6. The topological polar surface area (TPSA) is 51.2 Å². The van der Waals surface area contributed by atoms with E-state index >= 15 is 0 Å². The Balaban J connectivity index is 1.70. The molecule has 0 spiro atoms. The van der Waals surface area contributed by atoms with E-state index in [2.05, 4.69) is 10.3 Å². The van der Waals surface area contributed by atoms with Gasteiger partial charge in [-0.15, -0.1) is 11.3 Å². The van der Waals surface area contributed by atoms with Crippen molar-refractivity contribution < 1.29 is 13.9 Å². The quantitative estimate of drug-likeness (QED) is 0.567. The number of halogens is 2. The monoisotopic (exact) mass is 402 g/mol. The molecule has 2 aromatic carbocycles. The molecule has 0 atom stereocenters. The Bertz CT molecular complexity index is 1000. The third-order valence-corrected chi connectivity index (χ3v) is 4.89. The minimum atomic E-state index is -0.483. The number of amides is 1. The lowest BCUT2D eigenvalue weighted by Crippen LogP contribution is -2.07. The molecule has 4 nitrogen and oxygen atoms in total. The minimum Gasteiger partial charge on any atom is -0.494 e. The molecule has 27 heavy (non-hydrogen) atoms. The van der Waals surface area contributed by atoms with Gasteiger partial charge >= 0.3 is 0 Å². The number of nitrogens with one attached hydrogen (secondary N) is 1. The summed E-state index contributed by atoms with van der Waals surface area (Å²) in [6.45, 7) is 1.94. The number of hydrogen-bond donors (Lipinski definition) is 1. The fourth-order valence-corrected chi connectivity index (χ4v) is 3.40. The first-order chi connectivity index (χ1) is 13.0. The first-order valence-corrected chi connectivity index (χ1v) is 9.21. The highest BCUT2D eigenvalue weighted by atomic mass is 35.5. The second-order valence-corrected chi connectivity index (χ2v) is 7.29. The molecule has 1 heterocycles. The SMILES string of the molecule is COc1ccc(/C=C/C(=O)Nc2nc(-c3ccc(Cl)cc3)c(C)s2)cc1F. The maximum atomic E-state index is 13.7. The van der Waals surface area contributed by atoms with E-state index in [0.29, 0.717) is 15.7 Å². The first-order valence-electron chi connectivity index (χ1n) is 8.02. The van der Waals surface area contributed by atoms with Crippen molar-refractivity contribution in [3.8, 4) is 17.0 Å². The van der Waals surface area contributed by atoms with Crippen molar-refractivity contribution in [3.05, 3.63) is 69.8 Å². The average Bonchev–Trinajstić information content (AvgIpc) is 3.01. The summed E-state index contributed by atoms with van der Waals surface area (Å²) in [5, 5.41) is 3.88. The lowest BCUT2D eigenvalue weighted by molar-refractivity contribution is -0.111. The number of ether oxygens (including phenoxy) is 1. The third-order valence-electron chi connectivity index (χ3n) is 3.75. The summed E-state index contributed by atoms with van der Waals surface area (Å²) < 4.78 is 18.5. The third kappa shape index (κ3) is 4.72. The van der Waals surface area contributed by atoms with Crippen LogP contribution in [0.2, 0.25) is 5.02 Å². The minimum absolute atomic E-state index is 0.157. The molecule has 0 saturated carbocycles. The van der Waals surface area contributed by atoms with Gasteiger partial charge in [-0.3, -0.25) is 10.1 Å². The molecule has 0 saturated heterocycles. The van der Waals surface area contributed by atoms with Crippen LogP contribution in [0.5, 0.6) is 5.75 Å². The van der Waals surface area contributed by atoms with E-state index in [1.54, 1.807) is 18.2 Å². The van der Waals surface area contributed by atoms with E-state index in [-0.39, 0.29) is 11.7 Å². The molecule has 0 bridgehead atoms. The van der Waals surface area contributed by atoms with E-state index in [4.69, 9.17) is 16.3 Å². The van der Waals surface area contributed by atoms with Crippen molar-refractivity contribution in [2.75, 3.05) is 12.4 Å². The summed E-state index contributed by atoms with van der Waals surface area (Å²) in [5.74, 6) is -0.671. The van der Waals surface area contributed by atoms with E-state index in [9.17, 15) is 9.18 Å². The number of thiazole rings is 1. The molecule has 3 aromatic rings. The Morgan fingerprint density at radius 2 is 2.00 bits per heavy atom. The number of rotatable bonds is 5. The number of aryl methyl sites for hydroxylation is 1. The maximum absolute atomic E-state index is 13.7. The van der Waals surface area contributed by atoms with Gasteiger partial charge in [-0.25, -0.2) is 9.37 Å². The number of carbonyl (C=O) groups excluding carboxylic acids is 1. The summed E-state index contributed by atoms with van der Waals surface area (Å²) >= 11 is 7.30. The van der Waals surface area contributed by atoms with Crippen LogP contribution in [-0.4, -0.2) is 18.0 Å². The predicted molar refractivity (Wildman–Crippen MR) is 108 cm³/mol. The zero-order chi connectivity index (χ0) is 19.4. The predicted octanol–water partition coefficient (Wildman–Crippen LogP) is 5.57. The van der Waals surface area contributed by atoms with Crippen molar-refractivity contribution in [1.29, 1.82) is 0 Å². The smallest absolute Gasteiger partial charge is 0.250 e. The summed E-state index contributed by atoms with van der Waals surface area (Å²) in [6.07, 6.45) is 2.86. The van der Waals surface area contributed by atoms with Crippen LogP contribution in [0.3, 0.4) is 0 Å². The van der Waals surface area contributed by atoms with Crippen LogP contribution in [-0.2, 0) is 4.79 Å². The lowest BCUT2D eigenvalue weighted by Gasteiger charge is -2.02. The van der Waals surface area contributed by atoms with Crippen molar-refractivity contribution in [3.63, 3.8) is 0 Å². The van der Waals surface area contributed by atoms with Gasteiger partial charge < -0.3 is 4.74 Å². The molecule has 0 aliphatic carbocycles. The normalized spacial score (nSPS) is 11.0. The molecule has 1 amide bonds. The van der Waals surface area contributed by atoms with Gasteiger partial charge in [0.15, 0.2) is 16.7 Å². The molecule has 1 N–H and O–H groups in total. The summed E-state index contributed by atoms with van der Waals surface area (Å²) in [5.41, 5.74) is 2.28. The van der Waals surface area contributed by atoms with E-state index in [0.717, 1.165) is 16.1 Å². The fraction of sp³-hybridized carbons (Fsp3) is 0.100. The zero-order valence-corrected chi connectivity index (χ0v) is 16.2. The summed E-state index contributed by atoms with van der Waals surface area (Å²) in [7, 11) is 1.40. The van der Waals surface area contributed by atoms with E-state index < -0.39 is 5.82 Å². The largest absolute Gasteiger partial charge is 0.494 e. The molecule has 138 valence electrons. The van der Waals surface area contributed by atoms with Gasteiger partial charge in [0.05, 0.1) is 12.8 Å². The lowest BCUT2D eigenvalue weighted by atomic mass is 10.1. The van der Waals surface area contributed by atoms with Crippen LogP contribution in [0.4, 0.5) is 9.52 Å². The van der Waals surface area contributed by atoms with Crippen LogP contribution in [0.25, 0.3) is 17.3 Å². The van der Waals surface area contributed by atoms with Gasteiger partial charge in [0.1, 0.15) is 0 Å². The van der Waals surface area contributed by atoms with Crippen LogP contribution in [0.15, 0.2) is 48.5 Å². The van der Waals surface area contributed by atoms with Gasteiger partial charge in [-0.2, -0.15) is 0 Å². The van der Waals surface area contributed by atoms with Crippen molar-refractivity contribution in [2.45, 2.75) is 6.92 Å². The molecule has 0 aliphatic rings. The Morgan fingerprint density at radius 3 is 2.67 bits per heavy atom. The molecule has 3 rings (SSSR count). The first kappa shape index (κ1) is 19.1. The zero-order valence-electron chi connectivity index (χ0n) is 14.6. The highest BCUT2D eigenvalue weighted by molar-refractivity contribution is 7.16. The molecule has 0 unspecified atom stereocenters. The highest BCUT2D eigenvalue weighted by Gasteiger charge is 2.11. The molecule has 0 fully saturated rings. The number of carbonyl (C=O) groups is 1. The molecule has 0 radical (unpaired) electrons. The second kappa shape index (κ2) is 8.33. The number of benzene rings is 2. The van der Waals surface area contributed by atoms with Crippen molar-refractivity contribution in [1.82, 2.24) is 4.98 Å². The van der Waals surface area contributed by atoms with Crippen LogP contribution >= 0.6 is 22.9 Å². The van der Waals surface area contributed by atoms with Gasteiger partial charge in [-0.1, -0.05) is 29.8 Å². The number of nitrogens with zero attached hydrogens (tertiary/aromatic N) is 1. The fourth-order valence-electron chi connectivity index (χ4n) is 2.43. The Kier molecular flexibility index (Phi) is 5.88. The highest BCUT2D eigenvalue weighted by Crippen LogP contribution is 2.31.